The molecule has 0 atom stereocenters. The fourth-order valence-corrected chi connectivity index (χ4v) is 2.37. The molecule has 0 radical (unpaired) electrons. The van der Waals surface area contributed by atoms with Crippen LogP contribution in [-0.2, 0) is 6.42 Å². The molecule has 2 rings (SSSR count). The Balaban J connectivity index is 1.81. The molecule has 0 saturated carbocycles. The van der Waals surface area contributed by atoms with Crippen molar-refractivity contribution < 1.29 is 0 Å². The van der Waals surface area contributed by atoms with Gasteiger partial charge >= 0.3 is 0 Å². The molecule has 0 aromatic carbocycles. The molecule has 2 heterocycles. The maximum Gasteiger partial charge on any atom is 0.128 e. The van der Waals surface area contributed by atoms with Crippen molar-refractivity contribution in [2.45, 2.75) is 19.3 Å². The van der Waals surface area contributed by atoms with Crippen molar-refractivity contribution in [3.05, 3.63) is 23.9 Å². The van der Waals surface area contributed by atoms with Crippen molar-refractivity contribution in [2.75, 3.05) is 44.7 Å². The normalized spacial score (nSPS) is 16.1. The van der Waals surface area contributed by atoms with E-state index in [2.05, 4.69) is 34.0 Å². The smallest absolute Gasteiger partial charge is 0.128 e. The van der Waals surface area contributed by atoms with E-state index in [-0.39, 0.29) is 0 Å². The summed E-state index contributed by atoms with van der Waals surface area (Å²) in [6, 6.07) is 4.22. The SMILES string of the molecule is CN(CCN1CCCC1)c1ccc(CCN)cn1. The van der Waals surface area contributed by atoms with Crippen molar-refractivity contribution in [2.24, 2.45) is 5.73 Å². The van der Waals surface area contributed by atoms with Crippen LogP contribution in [0.2, 0.25) is 0 Å². The molecule has 1 aliphatic heterocycles. The summed E-state index contributed by atoms with van der Waals surface area (Å²) in [6.07, 6.45) is 5.56. The predicted molar refractivity (Wildman–Crippen MR) is 75.9 cm³/mol. The Kier molecular flexibility index (Phi) is 4.96. The second-order valence-electron chi connectivity index (χ2n) is 5.03. The monoisotopic (exact) mass is 248 g/mol. The zero-order valence-electron chi connectivity index (χ0n) is 11.3. The van der Waals surface area contributed by atoms with Crippen LogP contribution in [0.5, 0.6) is 0 Å². The van der Waals surface area contributed by atoms with Gasteiger partial charge < -0.3 is 15.5 Å². The average Bonchev–Trinajstić information content (AvgIpc) is 2.90. The fraction of sp³-hybridized carbons (Fsp3) is 0.643. The number of anilines is 1. The number of hydrogen-bond acceptors (Lipinski definition) is 4. The van der Waals surface area contributed by atoms with Crippen LogP contribution >= 0.6 is 0 Å². The second kappa shape index (κ2) is 6.71. The zero-order valence-corrected chi connectivity index (χ0v) is 11.3. The van der Waals surface area contributed by atoms with Crippen LogP contribution in [0.25, 0.3) is 0 Å². The second-order valence-corrected chi connectivity index (χ2v) is 5.03. The van der Waals surface area contributed by atoms with Gasteiger partial charge in [0.05, 0.1) is 0 Å². The van der Waals surface area contributed by atoms with Crippen molar-refractivity contribution in [3.8, 4) is 0 Å². The van der Waals surface area contributed by atoms with Crippen LogP contribution in [0, 0.1) is 0 Å². The predicted octanol–water partition coefficient (Wildman–Crippen LogP) is 1.11. The number of likely N-dealkylation sites (N-methyl/N-ethyl adjacent to an activating group) is 1. The van der Waals surface area contributed by atoms with E-state index >= 15 is 0 Å². The van der Waals surface area contributed by atoms with Gasteiger partial charge in [-0.05, 0) is 50.5 Å². The summed E-state index contributed by atoms with van der Waals surface area (Å²) < 4.78 is 0. The first kappa shape index (κ1) is 13.3. The Labute approximate surface area is 110 Å². The number of pyridine rings is 1. The molecule has 0 spiro atoms. The summed E-state index contributed by atoms with van der Waals surface area (Å²) in [4.78, 5) is 9.25. The number of rotatable bonds is 6. The molecule has 4 heteroatoms. The highest BCUT2D eigenvalue weighted by Crippen LogP contribution is 2.11. The summed E-state index contributed by atoms with van der Waals surface area (Å²) in [6.45, 7) is 5.39. The number of hydrogen-bond donors (Lipinski definition) is 1. The minimum atomic E-state index is 0.686. The molecule has 0 aliphatic carbocycles. The molecule has 0 bridgehead atoms. The lowest BCUT2D eigenvalue weighted by atomic mass is 10.2. The first-order valence-electron chi connectivity index (χ1n) is 6.88. The van der Waals surface area contributed by atoms with E-state index in [0.29, 0.717) is 6.54 Å². The fourth-order valence-electron chi connectivity index (χ4n) is 2.37. The van der Waals surface area contributed by atoms with E-state index in [1.807, 2.05) is 6.20 Å². The summed E-state index contributed by atoms with van der Waals surface area (Å²) in [5, 5.41) is 0. The Morgan fingerprint density at radius 1 is 1.33 bits per heavy atom. The maximum absolute atomic E-state index is 5.53. The zero-order chi connectivity index (χ0) is 12.8. The van der Waals surface area contributed by atoms with E-state index < -0.39 is 0 Å². The van der Waals surface area contributed by atoms with E-state index in [4.69, 9.17) is 5.73 Å². The van der Waals surface area contributed by atoms with E-state index in [1.165, 1.54) is 31.5 Å². The van der Waals surface area contributed by atoms with Crippen LogP contribution < -0.4 is 10.6 Å². The molecule has 1 aliphatic rings. The molecule has 0 unspecified atom stereocenters. The van der Waals surface area contributed by atoms with Gasteiger partial charge in [0.2, 0.25) is 0 Å². The minimum absolute atomic E-state index is 0.686. The maximum atomic E-state index is 5.53. The van der Waals surface area contributed by atoms with Crippen LogP contribution in [0.1, 0.15) is 18.4 Å². The molecule has 2 N–H and O–H groups in total. The highest BCUT2D eigenvalue weighted by Gasteiger charge is 2.12. The van der Waals surface area contributed by atoms with Crippen LogP contribution in [0.3, 0.4) is 0 Å². The molecule has 18 heavy (non-hydrogen) atoms. The molecule has 4 nitrogen and oxygen atoms in total. The third-order valence-corrected chi connectivity index (χ3v) is 3.58. The minimum Gasteiger partial charge on any atom is -0.358 e. The van der Waals surface area contributed by atoms with Gasteiger partial charge in [-0.1, -0.05) is 6.07 Å². The van der Waals surface area contributed by atoms with Gasteiger partial charge in [0, 0.05) is 26.3 Å². The van der Waals surface area contributed by atoms with Crippen LogP contribution in [-0.4, -0.2) is 49.7 Å². The summed E-state index contributed by atoms with van der Waals surface area (Å²) in [7, 11) is 2.11. The summed E-state index contributed by atoms with van der Waals surface area (Å²) in [5.74, 6) is 1.05. The van der Waals surface area contributed by atoms with Crippen LogP contribution in [0.15, 0.2) is 18.3 Å². The third kappa shape index (κ3) is 3.68. The topological polar surface area (TPSA) is 45.4 Å². The standard InChI is InChI=1S/C14H24N4/c1-17(10-11-18-8-2-3-9-18)14-5-4-13(6-7-15)12-16-14/h4-5,12H,2-3,6-11,15H2,1H3. The molecule has 1 fully saturated rings. The number of nitrogens with zero attached hydrogens (tertiary/aromatic N) is 3. The van der Waals surface area contributed by atoms with E-state index in [0.717, 1.165) is 25.3 Å². The van der Waals surface area contributed by atoms with Gasteiger partial charge in [0.25, 0.3) is 0 Å². The van der Waals surface area contributed by atoms with Gasteiger partial charge in [-0.3, -0.25) is 0 Å². The summed E-state index contributed by atoms with van der Waals surface area (Å²) in [5.41, 5.74) is 6.75. The Morgan fingerprint density at radius 2 is 2.11 bits per heavy atom. The van der Waals surface area contributed by atoms with E-state index in [1.54, 1.807) is 0 Å². The Hall–Kier alpha value is -1.13. The van der Waals surface area contributed by atoms with Gasteiger partial charge in [-0.25, -0.2) is 4.98 Å². The lowest BCUT2D eigenvalue weighted by molar-refractivity contribution is 0.346. The Morgan fingerprint density at radius 3 is 2.72 bits per heavy atom. The van der Waals surface area contributed by atoms with Gasteiger partial charge in [0.15, 0.2) is 0 Å². The highest BCUT2D eigenvalue weighted by atomic mass is 15.2. The van der Waals surface area contributed by atoms with Crippen molar-refractivity contribution >= 4 is 5.82 Å². The number of nitrogens with two attached hydrogens (primary N) is 1. The van der Waals surface area contributed by atoms with Crippen molar-refractivity contribution in [3.63, 3.8) is 0 Å². The quantitative estimate of drug-likeness (QED) is 0.819. The highest BCUT2D eigenvalue weighted by molar-refractivity contribution is 5.38. The first-order valence-corrected chi connectivity index (χ1v) is 6.88. The average molecular weight is 248 g/mol. The third-order valence-electron chi connectivity index (χ3n) is 3.58. The van der Waals surface area contributed by atoms with Crippen molar-refractivity contribution in [1.29, 1.82) is 0 Å². The lowest BCUT2D eigenvalue weighted by Gasteiger charge is -2.22. The molecule has 100 valence electrons. The summed E-state index contributed by atoms with van der Waals surface area (Å²) >= 11 is 0. The Bertz CT molecular complexity index is 343. The lowest BCUT2D eigenvalue weighted by Crippen LogP contribution is -2.31. The molecule has 0 amide bonds. The van der Waals surface area contributed by atoms with E-state index in [9.17, 15) is 0 Å². The van der Waals surface area contributed by atoms with Gasteiger partial charge in [-0.15, -0.1) is 0 Å². The van der Waals surface area contributed by atoms with Gasteiger partial charge in [-0.2, -0.15) is 0 Å². The van der Waals surface area contributed by atoms with Crippen molar-refractivity contribution in [1.82, 2.24) is 9.88 Å². The molecular weight excluding hydrogens is 224 g/mol. The molecule has 1 aromatic heterocycles. The molecule has 1 saturated heterocycles. The van der Waals surface area contributed by atoms with Gasteiger partial charge in [0.1, 0.15) is 5.82 Å². The largest absolute Gasteiger partial charge is 0.358 e. The van der Waals surface area contributed by atoms with Crippen LogP contribution in [0.4, 0.5) is 5.82 Å². The molecule has 1 aromatic rings. The number of likely N-dealkylation sites (tertiary alicyclic amines) is 1. The number of aromatic nitrogens is 1. The molecular formula is C14H24N4. The first-order chi connectivity index (χ1) is 8.79.